The standard InChI is InChI=1S/C16H16ClN5O2/c1-11-14(9-21(2)20-11)19-16(23)15-7-8-18-22(15)10-24-13-5-3-12(17)4-6-13/h3-9H,10H2,1-2H3,(H,19,23). The van der Waals surface area contributed by atoms with E-state index in [0.717, 1.165) is 5.69 Å². The number of carbonyl (C=O) groups is 1. The van der Waals surface area contributed by atoms with Gasteiger partial charge in [-0.2, -0.15) is 10.2 Å². The Morgan fingerprint density at radius 2 is 2.04 bits per heavy atom. The smallest absolute Gasteiger partial charge is 0.274 e. The number of halogens is 1. The molecule has 8 heteroatoms. The lowest BCUT2D eigenvalue weighted by molar-refractivity contribution is 0.100. The zero-order valence-electron chi connectivity index (χ0n) is 13.2. The summed E-state index contributed by atoms with van der Waals surface area (Å²) in [5.41, 5.74) is 1.80. The van der Waals surface area contributed by atoms with E-state index in [9.17, 15) is 4.79 Å². The van der Waals surface area contributed by atoms with Gasteiger partial charge in [-0.25, -0.2) is 4.68 Å². The highest BCUT2D eigenvalue weighted by atomic mass is 35.5. The second kappa shape index (κ2) is 6.76. The van der Waals surface area contributed by atoms with Crippen molar-refractivity contribution in [3.05, 3.63) is 59.1 Å². The van der Waals surface area contributed by atoms with Crippen molar-refractivity contribution >= 4 is 23.2 Å². The van der Waals surface area contributed by atoms with Crippen molar-refractivity contribution in [2.24, 2.45) is 7.05 Å². The molecule has 0 unspecified atom stereocenters. The van der Waals surface area contributed by atoms with Crippen LogP contribution < -0.4 is 10.1 Å². The normalized spacial score (nSPS) is 10.6. The van der Waals surface area contributed by atoms with Crippen LogP contribution in [0.25, 0.3) is 0 Å². The number of carbonyl (C=O) groups excluding carboxylic acids is 1. The Balaban J connectivity index is 1.69. The summed E-state index contributed by atoms with van der Waals surface area (Å²) in [6, 6.07) is 8.61. The predicted molar refractivity (Wildman–Crippen MR) is 90.2 cm³/mol. The van der Waals surface area contributed by atoms with E-state index in [0.29, 0.717) is 22.2 Å². The van der Waals surface area contributed by atoms with E-state index in [1.165, 1.54) is 4.68 Å². The number of aryl methyl sites for hydroxylation is 2. The molecule has 1 aromatic carbocycles. The van der Waals surface area contributed by atoms with Crippen molar-refractivity contribution in [1.82, 2.24) is 19.6 Å². The molecule has 2 aromatic heterocycles. The number of benzene rings is 1. The van der Waals surface area contributed by atoms with Crippen molar-refractivity contribution < 1.29 is 9.53 Å². The van der Waals surface area contributed by atoms with Gasteiger partial charge in [0, 0.05) is 24.5 Å². The summed E-state index contributed by atoms with van der Waals surface area (Å²) in [4.78, 5) is 12.4. The van der Waals surface area contributed by atoms with Crippen LogP contribution in [0.5, 0.6) is 5.75 Å². The van der Waals surface area contributed by atoms with Crippen LogP contribution in [0.3, 0.4) is 0 Å². The van der Waals surface area contributed by atoms with Gasteiger partial charge in [0.2, 0.25) is 0 Å². The Morgan fingerprint density at radius 3 is 2.71 bits per heavy atom. The van der Waals surface area contributed by atoms with Crippen LogP contribution in [0.15, 0.2) is 42.7 Å². The van der Waals surface area contributed by atoms with Gasteiger partial charge in [-0.15, -0.1) is 0 Å². The van der Waals surface area contributed by atoms with Crippen molar-refractivity contribution in [1.29, 1.82) is 0 Å². The third kappa shape index (κ3) is 3.57. The monoisotopic (exact) mass is 345 g/mol. The Hall–Kier alpha value is -2.80. The van der Waals surface area contributed by atoms with Gasteiger partial charge in [-0.3, -0.25) is 9.48 Å². The molecule has 3 aromatic rings. The summed E-state index contributed by atoms with van der Waals surface area (Å²) < 4.78 is 8.75. The Morgan fingerprint density at radius 1 is 1.29 bits per heavy atom. The maximum absolute atomic E-state index is 12.4. The van der Waals surface area contributed by atoms with E-state index >= 15 is 0 Å². The molecule has 0 saturated carbocycles. The van der Waals surface area contributed by atoms with Crippen LogP contribution in [-0.2, 0) is 13.8 Å². The number of amides is 1. The minimum atomic E-state index is -0.275. The number of ether oxygens (including phenoxy) is 1. The largest absolute Gasteiger partial charge is 0.471 e. The van der Waals surface area contributed by atoms with Crippen molar-refractivity contribution in [3.8, 4) is 5.75 Å². The zero-order valence-corrected chi connectivity index (χ0v) is 14.0. The predicted octanol–water partition coefficient (Wildman–Crippen LogP) is 2.87. The Bertz CT molecular complexity index is 854. The first-order valence-electron chi connectivity index (χ1n) is 7.25. The van der Waals surface area contributed by atoms with Gasteiger partial charge < -0.3 is 10.1 Å². The molecule has 0 radical (unpaired) electrons. The van der Waals surface area contributed by atoms with Crippen molar-refractivity contribution in [2.75, 3.05) is 5.32 Å². The average molecular weight is 346 g/mol. The minimum absolute atomic E-state index is 0.114. The highest BCUT2D eigenvalue weighted by Gasteiger charge is 2.15. The molecule has 0 atom stereocenters. The first-order valence-corrected chi connectivity index (χ1v) is 7.62. The molecule has 3 rings (SSSR count). The maximum Gasteiger partial charge on any atom is 0.274 e. The molecular formula is C16H16ClN5O2. The topological polar surface area (TPSA) is 74.0 Å². The molecule has 0 bridgehead atoms. The van der Waals surface area contributed by atoms with Crippen molar-refractivity contribution in [2.45, 2.75) is 13.7 Å². The molecule has 0 aliphatic carbocycles. The van der Waals surface area contributed by atoms with E-state index in [1.807, 2.05) is 6.92 Å². The minimum Gasteiger partial charge on any atom is -0.471 e. The number of aromatic nitrogens is 4. The highest BCUT2D eigenvalue weighted by Crippen LogP contribution is 2.17. The summed E-state index contributed by atoms with van der Waals surface area (Å²) in [6.07, 6.45) is 3.30. The first-order chi connectivity index (χ1) is 11.5. The van der Waals surface area contributed by atoms with Crippen LogP contribution in [0, 0.1) is 6.92 Å². The second-order valence-electron chi connectivity index (χ2n) is 5.20. The van der Waals surface area contributed by atoms with E-state index in [1.54, 1.807) is 54.5 Å². The van der Waals surface area contributed by atoms with Gasteiger partial charge in [0.05, 0.1) is 11.4 Å². The van der Waals surface area contributed by atoms with Gasteiger partial charge >= 0.3 is 0 Å². The SMILES string of the molecule is Cc1nn(C)cc1NC(=O)c1ccnn1COc1ccc(Cl)cc1. The number of nitrogens with one attached hydrogen (secondary N) is 1. The molecule has 0 spiro atoms. The average Bonchev–Trinajstić information content (AvgIpc) is 3.13. The fraction of sp³-hybridized carbons (Fsp3) is 0.188. The number of hydrogen-bond acceptors (Lipinski definition) is 4. The first kappa shape index (κ1) is 16.1. The third-order valence-corrected chi connectivity index (χ3v) is 3.63. The quantitative estimate of drug-likeness (QED) is 0.771. The van der Waals surface area contributed by atoms with Crippen LogP contribution in [0.1, 0.15) is 16.2 Å². The fourth-order valence-corrected chi connectivity index (χ4v) is 2.33. The number of nitrogens with zero attached hydrogens (tertiary/aromatic N) is 4. The fourth-order valence-electron chi connectivity index (χ4n) is 2.20. The lowest BCUT2D eigenvalue weighted by Gasteiger charge is -2.10. The number of hydrogen-bond donors (Lipinski definition) is 1. The maximum atomic E-state index is 12.4. The lowest BCUT2D eigenvalue weighted by Crippen LogP contribution is -2.19. The van der Waals surface area contributed by atoms with Gasteiger partial charge in [-0.1, -0.05) is 11.6 Å². The summed E-state index contributed by atoms with van der Waals surface area (Å²) in [6.45, 7) is 1.94. The summed E-state index contributed by atoms with van der Waals surface area (Å²) in [7, 11) is 1.80. The van der Waals surface area contributed by atoms with Gasteiger partial charge in [0.25, 0.3) is 5.91 Å². The van der Waals surface area contributed by atoms with Crippen LogP contribution in [-0.4, -0.2) is 25.5 Å². The van der Waals surface area contributed by atoms with E-state index in [4.69, 9.17) is 16.3 Å². The highest BCUT2D eigenvalue weighted by molar-refractivity contribution is 6.30. The Kier molecular flexibility index (Phi) is 4.52. The van der Waals surface area contributed by atoms with E-state index in [-0.39, 0.29) is 12.6 Å². The van der Waals surface area contributed by atoms with Gasteiger partial charge in [0.1, 0.15) is 11.4 Å². The van der Waals surface area contributed by atoms with E-state index in [2.05, 4.69) is 15.5 Å². The number of anilines is 1. The molecule has 2 heterocycles. The molecule has 24 heavy (non-hydrogen) atoms. The van der Waals surface area contributed by atoms with Crippen LogP contribution in [0.4, 0.5) is 5.69 Å². The van der Waals surface area contributed by atoms with Gasteiger partial charge in [-0.05, 0) is 37.3 Å². The van der Waals surface area contributed by atoms with Crippen molar-refractivity contribution in [3.63, 3.8) is 0 Å². The van der Waals surface area contributed by atoms with Gasteiger partial charge in [0.15, 0.2) is 6.73 Å². The van der Waals surface area contributed by atoms with Crippen LogP contribution in [0.2, 0.25) is 5.02 Å². The molecule has 0 saturated heterocycles. The lowest BCUT2D eigenvalue weighted by atomic mass is 10.3. The molecule has 7 nitrogen and oxygen atoms in total. The molecule has 124 valence electrons. The molecule has 0 fully saturated rings. The Labute approximate surface area is 143 Å². The number of rotatable bonds is 5. The molecule has 1 amide bonds. The molecule has 0 aliphatic rings. The molecular weight excluding hydrogens is 330 g/mol. The summed E-state index contributed by atoms with van der Waals surface area (Å²) in [5, 5.41) is 11.8. The summed E-state index contributed by atoms with van der Waals surface area (Å²) >= 11 is 5.84. The second-order valence-corrected chi connectivity index (χ2v) is 5.64. The van der Waals surface area contributed by atoms with E-state index < -0.39 is 0 Å². The molecule has 1 N–H and O–H groups in total. The van der Waals surface area contributed by atoms with Crippen LogP contribution >= 0.6 is 11.6 Å². The zero-order chi connectivity index (χ0) is 17.1. The molecule has 0 aliphatic heterocycles. The third-order valence-electron chi connectivity index (χ3n) is 3.38. The summed E-state index contributed by atoms with van der Waals surface area (Å²) in [5.74, 6) is 0.368.